The maximum Gasteiger partial charge on any atom is 0.135 e. The predicted octanol–water partition coefficient (Wildman–Crippen LogP) is -1.01. The number of halogens is 1. The van der Waals surface area contributed by atoms with Crippen LogP contribution in [-0.2, 0) is 0 Å². The van der Waals surface area contributed by atoms with Crippen molar-refractivity contribution in [3.8, 4) is 0 Å². The van der Waals surface area contributed by atoms with Crippen LogP contribution in [-0.4, -0.2) is 37.6 Å². The number of nitrogens with zero attached hydrogens (tertiary/aromatic N) is 5. The number of anilines is 2. The lowest BCUT2D eigenvalue weighted by Gasteiger charge is -2.19. The fourth-order valence-electron chi connectivity index (χ4n) is 3.37. The van der Waals surface area contributed by atoms with Crippen LogP contribution in [0, 0.1) is 0 Å². The fourth-order valence-corrected chi connectivity index (χ4v) is 3.37. The number of quaternary nitrogens is 1. The van der Waals surface area contributed by atoms with Gasteiger partial charge in [-0.05, 0) is 19.9 Å². The van der Waals surface area contributed by atoms with E-state index in [4.69, 9.17) is 4.98 Å². The van der Waals surface area contributed by atoms with Crippen LogP contribution in [0.4, 0.5) is 11.6 Å². The van der Waals surface area contributed by atoms with Crippen molar-refractivity contribution in [1.82, 2.24) is 24.5 Å². The lowest BCUT2D eigenvalue weighted by Crippen LogP contribution is -3.00. The molecule has 1 aliphatic rings. The third-order valence-corrected chi connectivity index (χ3v) is 4.75. The van der Waals surface area contributed by atoms with Crippen molar-refractivity contribution in [3.63, 3.8) is 0 Å². The van der Waals surface area contributed by atoms with Crippen LogP contribution < -0.4 is 23.0 Å². The minimum atomic E-state index is 0. The molecule has 3 aromatic rings. The topological polar surface area (TPSA) is 85.1 Å². The molecule has 0 atom stereocenters. The number of nitrogens with one attached hydrogen (secondary N) is 1. The van der Waals surface area contributed by atoms with Gasteiger partial charge >= 0.3 is 0 Å². The zero-order valence-corrected chi connectivity index (χ0v) is 15.8. The summed E-state index contributed by atoms with van der Waals surface area (Å²) >= 11 is 0. The maximum absolute atomic E-state index is 4.72. The van der Waals surface area contributed by atoms with E-state index in [1.165, 1.54) is 0 Å². The van der Waals surface area contributed by atoms with Gasteiger partial charge in [0.05, 0.1) is 31.1 Å². The van der Waals surface area contributed by atoms with E-state index in [9.17, 15) is 0 Å². The van der Waals surface area contributed by atoms with E-state index in [2.05, 4.69) is 44.0 Å². The van der Waals surface area contributed by atoms with Crippen molar-refractivity contribution in [2.45, 2.75) is 38.6 Å². The van der Waals surface area contributed by atoms with Crippen LogP contribution in [0.5, 0.6) is 0 Å². The van der Waals surface area contributed by atoms with Gasteiger partial charge in [-0.2, -0.15) is 0 Å². The number of pyridine rings is 1. The van der Waals surface area contributed by atoms with Gasteiger partial charge in [-0.15, -0.1) is 0 Å². The Bertz CT molecular complexity index is 871. The highest BCUT2D eigenvalue weighted by molar-refractivity contribution is 5.78. The highest BCUT2D eigenvalue weighted by Gasteiger charge is 2.20. The summed E-state index contributed by atoms with van der Waals surface area (Å²) in [6, 6.07) is 4.28. The number of hydrogen-bond donors (Lipinski definition) is 2. The van der Waals surface area contributed by atoms with E-state index in [0.29, 0.717) is 12.0 Å². The summed E-state index contributed by atoms with van der Waals surface area (Å²) < 4.78 is 2.14. The van der Waals surface area contributed by atoms with E-state index in [1.807, 2.05) is 24.7 Å². The monoisotopic (exact) mass is 373 g/mol. The first-order valence-electron chi connectivity index (χ1n) is 8.95. The van der Waals surface area contributed by atoms with Gasteiger partial charge in [0.1, 0.15) is 23.0 Å². The average molecular weight is 374 g/mol. The summed E-state index contributed by atoms with van der Waals surface area (Å²) in [4.78, 5) is 18.1. The fraction of sp³-hybridized carbons (Fsp3) is 0.444. The molecule has 0 aromatic carbocycles. The molecule has 26 heavy (non-hydrogen) atoms. The summed E-state index contributed by atoms with van der Waals surface area (Å²) in [5.41, 5.74) is 1.98. The molecular weight excluding hydrogens is 350 g/mol. The Morgan fingerprint density at radius 3 is 2.73 bits per heavy atom. The van der Waals surface area contributed by atoms with Crippen molar-refractivity contribution in [2.24, 2.45) is 0 Å². The second-order valence-corrected chi connectivity index (χ2v) is 6.87. The Morgan fingerprint density at radius 1 is 1.15 bits per heavy atom. The Morgan fingerprint density at radius 2 is 1.96 bits per heavy atom. The molecule has 1 fully saturated rings. The average Bonchev–Trinajstić information content (AvgIpc) is 3.06. The number of hydrogen-bond acceptors (Lipinski definition) is 5. The molecule has 1 aliphatic heterocycles. The van der Waals surface area contributed by atoms with Crippen molar-refractivity contribution >= 4 is 22.7 Å². The first-order chi connectivity index (χ1) is 12.2. The van der Waals surface area contributed by atoms with Gasteiger partial charge in [0.15, 0.2) is 0 Å². The number of piperidine rings is 1. The SMILES string of the molecule is CC(C)n1cnc2cnc(Nc3ccnc(C4CC[NH2+]CC4)n3)cc21.[Cl-]. The van der Waals surface area contributed by atoms with E-state index >= 15 is 0 Å². The predicted molar refractivity (Wildman–Crippen MR) is 96.9 cm³/mol. The second kappa shape index (κ2) is 7.97. The third kappa shape index (κ3) is 3.78. The molecule has 138 valence electrons. The minimum absolute atomic E-state index is 0. The van der Waals surface area contributed by atoms with Crippen LogP contribution in [0.25, 0.3) is 11.0 Å². The standard InChI is InChI=1S/C18H23N7.ClH/c1-12(2)25-11-22-14-10-21-17(9-15(14)25)23-16-5-8-20-18(24-16)13-3-6-19-7-4-13;/h5,8-13,19H,3-4,6-7H2,1-2H3,(H,20,21,23,24);1H. The molecule has 8 heteroatoms. The highest BCUT2D eigenvalue weighted by Crippen LogP contribution is 2.23. The van der Waals surface area contributed by atoms with Crippen molar-refractivity contribution < 1.29 is 17.7 Å². The Hall–Kier alpha value is -2.25. The second-order valence-electron chi connectivity index (χ2n) is 6.87. The number of nitrogens with two attached hydrogens (primary N) is 1. The van der Waals surface area contributed by atoms with E-state index in [0.717, 1.165) is 54.4 Å². The van der Waals surface area contributed by atoms with Gasteiger partial charge in [0.2, 0.25) is 0 Å². The molecule has 1 saturated heterocycles. The lowest BCUT2D eigenvalue weighted by atomic mass is 9.97. The molecule has 4 heterocycles. The Balaban J connectivity index is 0.00000196. The Labute approximate surface area is 159 Å². The minimum Gasteiger partial charge on any atom is -1.00 e. The van der Waals surface area contributed by atoms with Gasteiger partial charge in [-0.25, -0.2) is 19.9 Å². The quantitative estimate of drug-likeness (QED) is 0.612. The highest BCUT2D eigenvalue weighted by atomic mass is 35.5. The van der Waals surface area contributed by atoms with Gasteiger partial charge < -0.3 is 27.6 Å². The molecule has 0 radical (unpaired) electrons. The van der Waals surface area contributed by atoms with Gasteiger partial charge in [-0.3, -0.25) is 0 Å². The summed E-state index contributed by atoms with van der Waals surface area (Å²) in [7, 11) is 0. The number of rotatable bonds is 4. The molecule has 0 amide bonds. The largest absolute Gasteiger partial charge is 1.00 e. The first kappa shape index (κ1) is 18.5. The van der Waals surface area contributed by atoms with E-state index in [1.54, 1.807) is 6.20 Å². The third-order valence-electron chi connectivity index (χ3n) is 4.75. The number of aromatic nitrogens is 5. The van der Waals surface area contributed by atoms with Crippen LogP contribution in [0.15, 0.2) is 30.9 Å². The Kier molecular flexibility index (Phi) is 5.68. The summed E-state index contributed by atoms with van der Waals surface area (Å²) in [6.45, 7) is 6.60. The number of imidazole rings is 1. The molecule has 0 bridgehead atoms. The zero-order chi connectivity index (χ0) is 17.2. The maximum atomic E-state index is 4.72. The molecule has 7 nitrogen and oxygen atoms in total. The van der Waals surface area contributed by atoms with Crippen LogP contribution in [0.3, 0.4) is 0 Å². The van der Waals surface area contributed by atoms with Gasteiger partial charge in [-0.1, -0.05) is 0 Å². The van der Waals surface area contributed by atoms with Crippen molar-refractivity contribution in [2.75, 3.05) is 18.4 Å². The van der Waals surface area contributed by atoms with Crippen LogP contribution in [0.1, 0.15) is 44.5 Å². The zero-order valence-electron chi connectivity index (χ0n) is 15.1. The van der Waals surface area contributed by atoms with E-state index < -0.39 is 0 Å². The summed E-state index contributed by atoms with van der Waals surface area (Å²) in [6.07, 6.45) is 7.78. The summed E-state index contributed by atoms with van der Waals surface area (Å²) in [5, 5.41) is 5.68. The van der Waals surface area contributed by atoms with Crippen molar-refractivity contribution in [3.05, 3.63) is 36.7 Å². The molecule has 3 N–H and O–H groups in total. The molecule has 0 unspecified atom stereocenters. The molecule has 0 spiro atoms. The van der Waals surface area contributed by atoms with Crippen LogP contribution >= 0.6 is 0 Å². The molecule has 0 saturated carbocycles. The van der Waals surface area contributed by atoms with Gasteiger partial charge in [0, 0.05) is 37.1 Å². The molecule has 0 aliphatic carbocycles. The molecular formula is C18H24ClN7. The smallest absolute Gasteiger partial charge is 0.135 e. The normalized spacial score (nSPS) is 15.2. The van der Waals surface area contributed by atoms with Crippen molar-refractivity contribution in [1.29, 1.82) is 0 Å². The van der Waals surface area contributed by atoms with Gasteiger partial charge in [0.25, 0.3) is 0 Å². The lowest BCUT2D eigenvalue weighted by molar-refractivity contribution is -0.663. The molecule has 3 aromatic heterocycles. The first-order valence-corrected chi connectivity index (χ1v) is 8.95. The molecule has 4 rings (SSSR count). The summed E-state index contributed by atoms with van der Waals surface area (Å²) in [5.74, 6) is 2.97. The number of fused-ring (bicyclic) bond motifs is 1. The van der Waals surface area contributed by atoms with E-state index in [-0.39, 0.29) is 12.4 Å². The van der Waals surface area contributed by atoms with Crippen LogP contribution in [0.2, 0.25) is 0 Å².